The van der Waals surface area contributed by atoms with Crippen LogP contribution >= 0.6 is 0 Å². The van der Waals surface area contributed by atoms with Crippen LogP contribution in [0.4, 0.5) is 0 Å². The molecule has 2 aromatic rings. The summed E-state index contributed by atoms with van der Waals surface area (Å²) in [5, 5.41) is 9.60. The van der Waals surface area contributed by atoms with Crippen molar-refractivity contribution in [1.82, 2.24) is 0 Å². The van der Waals surface area contributed by atoms with E-state index in [0.717, 1.165) is 6.07 Å². The molecular weight excluding hydrogens is 264 g/mol. The highest BCUT2D eigenvalue weighted by Crippen LogP contribution is 2.42. The van der Waals surface area contributed by atoms with Crippen molar-refractivity contribution < 1.29 is 26.3 Å². The smallest absolute Gasteiger partial charge is 0.501 e. The maximum absolute atomic E-state index is 11.5. The molecule has 0 aliphatic carbocycles. The Morgan fingerprint density at radius 1 is 1.22 bits per heavy atom. The molecule has 0 bridgehead atoms. The first-order chi connectivity index (χ1) is 8.37. The fraction of sp³-hybridized carbons (Fsp3) is 0.100. The predicted octanol–water partition coefficient (Wildman–Crippen LogP) is 0.823. The number of phenolic OH excluding ortho intramolecular Hbond substituents is 1. The summed E-state index contributed by atoms with van der Waals surface area (Å²) >= 11 is 0. The average molecular weight is 270 g/mol. The molecule has 0 fully saturated rings. The summed E-state index contributed by atoms with van der Waals surface area (Å²) in [6.07, 6.45) is 0. The molecule has 1 aliphatic heterocycles. The summed E-state index contributed by atoms with van der Waals surface area (Å²) in [4.78, 5) is 11.5. The van der Waals surface area contributed by atoms with E-state index in [1.54, 1.807) is 0 Å². The van der Waals surface area contributed by atoms with Crippen molar-refractivity contribution >= 4 is 21.4 Å². The molecule has 0 spiro atoms. The van der Waals surface area contributed by atoms with Crippen molar-refractivity contribution in [3.63, 3.8) is 0 Å². The van der Waals surface area contributed by atoms with Gasteiger partial charge in [-0.15, -0.1) is 8.42 Å². The zero-order valence-electron chi connectivity index (χ0n) is 8.96. The standard InChI is InChI=1S/C10H6O7S/c1-4-9-8-6(15-10(4)12)2-5(11)3-7(8)16-18(13,14)17-9/h2-3,11H,1H3. The molecule has 94 valence electrons. The molecule has 0 atom stereocenters. The van der Waals surface area contributed by atoms with Crippen LogP contribution in [-0.4, -0.2) is 13.5 Å². The number of rotatable bonds is 0. The van der Waals surface area contributed by atoms with Gasteiger partial charge < -0.3 is 17.9 Å². The summed E-state index contributed by atoms with van der Waals surface area (Å²) < 4.78 is 36.9. The summed E-state index contributed by atoms with van der Waals surface area (Å²) in [5.41, 5.74) is -0.738. The van der Waals surface area contributed by atoms with E-state index in [2.05, 4.69) is 8.37 Å². The second-order valence-electron chi connectivity index (χ2n) is 3.74. The number of phenols is 1. The number of hydrogen-bond acceptors (Lipinski definition) is 7. The van der Waals surface area contributed by atoms with Crippen LogP contribution in [0.25, 0.3) is 11.0 Å². The molecule has 7 nitrogen and oxygen atoms in total. The van der Waals surface area contributed by atoms with Gasteiger partial charge in [-0.25, -0.2) is 4.79 Å². The Balaban J connectivity index is 2.57. The Morgan fingerprint density at radius 2 is 1.94 bits per heavy atom. The first-order valence-corrected chi connectivity index (χ1v) is 6.15. The van der Waals surface area contributed by atoms with Crippen molar-refractivity contribution in [1.29, 1.82) is 0 Å². The lowest BCUT2D eigenvalue weighted by molar-refractivity contribution is 0.378. The Bertz CT molecular complexity index is 831. The Morgan fingerprint density at radius 3 is 2.67 bits per heavy atom. The molecule has 0 saturated carbocycles. The van der Waals surface area contributed by atoms with Crippen molar-refractivity contribution in [3.8, 4) is 17.2 Å². The lowest BCUT2D eigenvalue weighted by Crippen LogP contribution is -2.22. The van der Waals surface area contributed by atoms with Gasteiger partial charge in [0.15, 0.2) is 11.5 Å². The third kappa shape index (κ3) is 1.42. The Labute approximate surface area is 101 Å². The quantitative estimate of drug-likeness (QED) is 0.707. The predicted molar refractivity (Wildman–Crippen MR) is 59.1 cm³/mol. The van der Waals surface area contributed by atoms with Crippen LogP contribution in [0.3, 0.4) is 0 Å². The van der Waals surface area contributed by atoms with Crippen LogP contribution in [0.2, 0.25) is 0 Å². The monoisotopic (exact) mass is 270 g/mol. The molecule has 2 heterocycles. The average Bonchev–Trinajstić information content (AvgIpc) is 2.22. The van der Waals surface area contributed by atoms with Crippen LogP contribution in [0, 0.1) is 6.92 Å². The third-order valence-electron chi connectivity index (χ3n) is 2.50. The zero-order chi connectivity index (χ0) is 13.1. The minimum atomic E-state index is -4.29. The number of benzene rings is 1. The largest absolute Gasteiger partial charge is 0.508 e. The van der Waals surface area contributed by atoms with E-state index in [-0.39, 0.29) is 33.8 Å². The number of hydrogen-bond donors (Lipinski definition) is 1. The van der Waals surface area contributed by atoms with Gasteiger partial charge >= 0.3 is 16.0 Å². The fourth-order valence-electron chi connectivity index (χ4n) is 1.74. The first-order valence-electron chi connectivity index (χ1n) is 4.82. The van der Waals surface area contributed by atoms with Crippen molar-refractivity contribution in [2.24, 2.45) is 0 Å². The van der Waals surface area contributed by atoms with Gasteiger partial charge in [-0.1, -0.05) is 0 Å². The summed E-state index contributed by atoms with van der Waals surface area (Å²) in [6.45, 7) is 1.37. The van der Waals surface area contributed by atoms with E-state index in [0.29, 0.717) is 0 Å². The van der Waals surface area contributed by atoms with Gasteiger partial charge in [0, 0.05) is 12.1 Å². The van der Waals surface area contributed by atoms with Crippen molar-refractivity contribution in [3.05, 3.63) is 28.1 Å². The minimum absolute atomic E-state index is 0.00880. The van der Waals surface area contributed by atoms with Crippen LogP contribution in [0.5, 0.6) is 17.2 Å². The molecule has 1 aromatic heterocycles. The van der Waals surface area contributed by atoms with Crippen molar-refractivity contribution in [2.75, 3.05) is 0 Å². The maximum Gasteiger partial charge on any atom is 0.501 e. The van der Waals surface area contributed by atoms with Gasteiger partial charge in [0.05, 0.1) is 5.56 Å². The third-order valence-corrected chi connectivity index (χ3v) is 3.26. The Kier molecular flexibility index (Phi) is 1.92. The lowest BCUT2D eigenvalue weighted by atomic mass is 10.1. The molecule has 1 N–H and O–H groups in total. The van der Waals surface area contributed by atoms with Gasteiger partial charge in [0.1, 0.15) is 16.7 Å². The SMILES string of the molecule is Cc1c2c3c(cc(O)cc3oc1=O)OS(=O)(=O)O2. The van der Waals surface area contributed by atoms with E-state index < -0.39 is 16.0 Å². The molecular formula is C10H6O7S. The fourth-order valence-corrected chi connectivity index (χ4v) is 2.53. The molecule has 0 unspecified atom stereocenters. The topological polar surface area (TPSA) is 103 Å². The molecule has 0 saturated heterocycles. The molecule has 8 heteroatoms. The number of aromatic hydroxyl groups is 1. The second-order valence-corrected chi connectivity index (χ2v) is 4.89. The maximum atomic E-state index is 11.5. The van der Waals surface area contributed by atoms with E-state index in [9.17, 15) is 18.3 Å². The van der Waals surface area contributed by atoms with Crippen LogP contribution in [-0.2, 0) is 10.4 Å². The molecule has 18 heavy (non-hydrogen) atoms. The highest BCUT2D eigenvalue weighted by atomic mass is 32.3. The first kappa shape index (κ1) is 10.9. The molecule has 1 aromatic carbocycles. The second kappa shape index (κ2) is 3.16. The molecule has 3 rings (SSSR count). The normalized spacial score (nSPS) is 16.1. The van der Waals surface area contributed by atoms with Gasteiger partial charge in [-0.05, 0) is 6.92 Å². The molecule has 1 aliphatic rings. The summed E-state index contributed by atoms with van der Waals surface area (Å²) in [7, 11) is -4.29. The minimum Gasteiger partial charge on any atom is -0.508 e. The summed E-state index contributed by atoms with van der Waals surface area (Å²) in [6, 6.07) is 2.28. The van der Waals surface area contributed by atoms with Crippen LogP contribution in [0.15, 0.2) is 21.3 Å². The van der Waals surface area contributed by atoms with Crippen LogP contribution < -0.4 is 14.0 Å². The van der Waals surface area contributed by atoms with Gasteiger partial charge in [-0.2, -0.15) is 0 Å². The van der Waals surface area contributed by atoms with E-state index in [1.807, 2.05) is 0 Å². The van der Waals surface area contributed by atoms with Crippen molar-refractivity contribution in [2.45, 2.75) is 6.92 Å². The Hall–Kier alpha value is -2.22. The highest BCUT2D eigenvalue weighted by molar-refractivity contribution is 7.82. The lowest BCUT2D eigenvalue weighted by Gasteiger charge is -2.18. The van der Waals surface area contributed by atoms with Gasteiger partial charge in [-0.3, -0.25) is 0 Å². The molecule has 0 radical (unpaired) electrons. The van der Waals surface area contributed by atoms with E-state index in [1.165, 1.54) is 13.0 Å². The van der Waals surface area contributed by atoms with Gasteiger partial charge in [0.25, 0.3) is 0 Å². The summed E-state index contributed by atoms with van der Waals surface area (Å²) in [5.74, 6) is -0.562. The van der Waals surface area contributed by atoms with Gasteiger partial charge in [0.2, 0.25) is 0 Å². The van der Waals surface area contributed by atoms with Crippen LogP contribution in [0.1, 0.15) is 5.56 Å². The zero-order valence-corrected chi connectivity index (χ0v) is 9.78. The molecule has 0 amide bonds. The highest BCUT2D eigenvalue weighted by Gasteiger charge is 2.30. The van der Waals surface area contributed by atoms with E-state index in [4.69, 9.17) is 4.42 Å². The van der Waals surface area contributed by atoms with E-state index >= 15 is 0 Å².